The Morgan fingerprint density at radius 3 is 3.07 bits per heavy atom. The molecular weight excluding hydrogens is 387 g/mol. The smallest absolute Gasteiger partial charge is 0.236 e. The lowest BCUT2D eigenvalue weighted by Crippen LogP contribution is -2.40. The van der Waals surface area contributed by atoms with E-state index in [-0.39, 0.29) is 24.1 Å². The number of fused-ring (bicyclic) bond motifs is 1. The number of halogens is 1. The van der Waals surface area contributed by atoms with Crippen LogP contribution in [0.5, 0.6) is 5.88 Å². The highest BCUT2D eigenvalue weighted by molar-refractivity contribution is 5.78. The lowest BCUT2D eigenvalue weighted by Gasteiger charge is -2.32. The number of imidazole rings is 1. The molecule has 3 aromatic heterocycles. The van der Waals surface area contributed by atoms with Gasteiger partial charge in [-0.15, -0.1) is 0 Å². The van der Waals surface area contributed by atoms with Gasteiger partial charge in [0.2, 0.25) is 11.8 Å². The zero-order chi connectivity index (χ0) is 21.1. The van der Waals surface area contributed by atoms with Crippen LogP contribution in [0.3, 0.4) is 0 Å². The van der Waals surface area contributed by atoms with Gasteiger partial charge in [-0.1, -0.05) is 0 Å². The average molecular weight is 408 g/mol. The van der Waals surface area contributed by atoms with Gasteiger partial charge < -0.3 is 9.64 Å². The number of amides is 1. The second kappa shape index (κ2) is 8.45. The zero-order valence-electron chi connectivity index (χ0n) is 16.6. The molecule has 1 aliphatic rings. The lowest BCUT2D eigenvalue weighted by molar-refractivity contribution is -0.131. The van der Waals surface area contributed by atoms with Crippen molar-refractivity contribution in [1.82, 2.24) is 24.3 Å². The number of carbonyl (C=O) groups is 1. The lowest BCUT2D eigenvalue weighted by atomic mass is 9.93. The SMILES string of the molecule is COc1cc(C[C@@H]2CCCN(C(=O)CC#N)C2)nc(-c2cnc3ccc(F)cn23)n1. The minimum Gasteiger partial charge on any atom is -0.481 e. The number of ether oxygens (including phenoxy) is 1. The maximum atomic E-state index is 13.7. The Kier molecular flexibility index (Phi) is 5.57. The number of hydrogen-bond acceptors (Lipinski definition) is 6. The molecule has 0 spiro atoms. The largest absolute Gasteiger partial charge is 0.481 e. The van der Waals surface area contributed by atoms with Crippen LogP contribution in [0.15, 0.2) is 30.6 Å². The first-order valence-corrected chi connectivity index (χ1v) is 9.77. The molecule has 9 heteroatoms. The van der Waals surface area contributed by atoms with E-state index in [0.29, 0.717) is 42.6 Å². The normalized spacial score (nSPS) is 16.4. The fraction of sp³-hybridized carbons (Fsp3) is 0.381. The summed E-state index contributed by atoms with van der Waals surface area (Å²) in [6.07, 6.45) is 5.37. The van der Waals surface area contributed by atoms with E-state index in [1.54, 1.807) is 27.6 Å². The summed E-state index contributed by atoms with van der Waals surface area (Å²) in [7, 11) is 1.53. The van der Waals surface area contributed by atoms with Crippen LogP contribution in [0, 0.1) is 23.1 Å². The maximum Gasteiger partial charge on any atom is 0.236 e. The average Bonchev–Trinajstić information content (AvgIpc) is 3.17. The molecule has 30 heavy (non-hydrogen) atoms. The molecule has 0 saturated carbocycles. The van der Waals surface area contributed by atoms with Crippen LogP contribution in [0.2, 0.25) is 0 Å². The molecule has 0 aromatic carbocycles. The molecular formula is C21H21FN6O2. The number of nitrogens with zero attached hydrogens (tertiary/aromatic N) is 6. The summed E-state index contributed by atoms with van der Waals surface area (Å²) in [4.78, 5) is 27.2. The molecule has 0 aliphatic carbocycles. The molecule has 0 bridgehead atoms. The van der Waals surface area contributed by atoms with Gasteiger partial charge in [0.25, 0.3) is 0 Å². The van der Waals surface area contributed by atoms with Crippen LogP contribution < -0.4 is 4.74 Å². The Bertz CT molecular complexity index is 1120. The number of nitriles is 1. The van der Waals surface area contributed by atoms with Gasteiger partial charge in [0.05, 0.1) is 19.4 Å². The monoisotopic (exact) mass is 408 g/mol. The van der Waals surface area contributed by atoms with E-state index >= 15 is 0 Å². The Hall–Kier alpha value is -3.54. The number of rotatable bonds is 5. The molecule has 1 saturated heterocycles. The Morgan fingerprint density at radius 2 is 2.27 bits per heavy atom. The molecule has 0 N–H and O–H groups in total. The van der Waals surface area contributed by atoms with Gasteiger partial charge in [-0.2, -0.15) is 10.2 Å². The Labute approximate surface area is 173 Å². The highest BCUT2D eigenvalue weighted by atomic mass is 19.1. The van der Waals surface area contributed by atoms with Crippen LogP contribution >= 0.6 is 0 Å². The molecule has 1 fully saturated rings. The minimum absolute atomic E-state index is 0.0942. The highest BCUT2D eigenvalue weighted by Gasteiger charge is 2.24. The van der Waals surface area contributed by atoms with Crippen molar-refractivity contribution in [2.75, 3.05) is 20.2 Å². The van der Waals surface area contributed by atoms with Gasteiger partial charge in [0.1, 0.15) is 23.6 Å². The summed E-state index contributed by atoms with van der Waals surface area (Å²) in [6.45, 7) is 1.28. The van der Waals surface area contributed by atoms with Crippen molar-refractivity contribution in [3.63, 3.8) is 0 Å². The van der Waals surface area contributed by atoms with E-state index in [1.807, 2.05) is 6.07 Å². The summed E-state index contributed by atoms with van der Waals surface area (Å²) in [5, 5.41) is 8.78. The van der Waals surface area contributed by atoms with Crippen LogP contribution in [0.25, 0.3) is 17.2 Å². The first kappa shape index (κ1) is 19.8. The van der Waals surface area contributed by atoms with Crippen molar-refractivity contribution < 1.29 is 13.9 Å². The zero-order valence-corrected chi connectivity index (χ0v) is 16.6. The van der Waals surface area contributed by atoms with E-state index in [2.05, 4.69) is 15.0 Å². The van der Waals surface area contributed by atoms with Crippen molar-refractivity contribution in [3.8, 4) is 23.5 Å². The first-order chi connectivity index (χ1) is 14.6. The van der Waals surface area contributed by atoms with E-state index in [0.717, 1.165) is 18.5 Å². The number of pyridine rings is 1. The van der Waals surface area contributed by atoms with Crippen molar-refractivity contribution in [1.29, 1.82) is 5.26 Å². The maximum absolute atomic E-state index is 13.7. The van der Waals surface area contributed by atoms with Crippen LogP contribution in [0.1, 0.15) is 25.0 Å². The Morgan fingerprint density at radius 1 is 1.40 bits per heavy atom. The van der Waals surface area contributed by atoms with E-state index in [9.17, 15) is 9.18 Å². The molecule has 3 aromatic rings. The number of piperidine rings is 1. The molecule has 4 heterocycles. The van der Waals surface area contributed by atoms with Gasteiger partial charge in [0.15, 0.2) is 5.82 Å². The molecule has 1 atom stereocenters. The van der Waals surface area contributed by atoms with E-state index < -0.39 is 0 Å². The van der Waals surface area contributed by atoms with Crippen LogP contribution in [0.4, 0.5) is 4.39 Å². The molecule has 154 valence electrons. The third kappa shape index (κ3) is 4.08. The number of hydrogen-bond donors (Lipinski definition) is 0. The van der Waals surface area contributed by atoms with E-state index in [4.69, 9.17) is 10.00 Å². The predicted molar refractivity (Wildman–Crippen MR) is 106 cm³/mol. The van der Waals surface area contributed by atoms with Gasteiger partial charge in [-0.05, 0) is 37.3 Å². The van der Waals surface area contributed by atoms with Crippen LogP contribution in [-0.2, 0) is 11.2 Å². The predicted octanol–water partition coefficient (Wildman–Crippen LogP) is 2.63. The number of likely N-dealkylation sites (tertiary alicyclic amines) is 1. The summed E-state index contributed by atoms with van der Waals surface area (Å²) in [5.74, 6) is 0.531. The number of methoxy groups -OCH3 is 1. The van der Waals surface area contributed by atoms with Gasteiger partial charge in [-0.3, -0.25) is 9.20 Å². The van der Waals surface area contributed by atoms with Gasteiger partial charge in [0, 0.05) is 31.0 Å². The second-order valence-corrected chi connectivity index (χ2v) is 7.33. The summed E-state index contributed by atoms with van der Waals surface area (Å²) >= 11 is 0. The van der Waals surface area contributed by atoms with Crippen molar-refractivity contribution in [2.45, 2.75) is 25.7 Å². The van der Waals surface area contributed by atoms with Crippen molar-refractivity contribution >= 4 is 11.6 Å². The quantitative estimate of drug-likeness (QED) is 0.644. The summed E-state index contributed by atoms with van der Waals surface area (Å²) in [5.41, 5.74) is 1.94. The number of aromatic nitrogens is 4. The van der Waals surface area contributed by atoms with Crippen LogP contribution in [-0.4, -0.2) is 50.4 Å². The highest BCUT2D eigenvalue weighted by Crippen LogP contribution is 2.25. The third-order valence-electron chi connectivity index (χ3n) is 5.26. The molecule has 4 rings (SSSR count). The minimum atomic E-state index is -0.380. The summed E-state index contributed by atoms with van der Waals surface area (Å²) < 4.78 is 20.7. The molecule has 0 radical (unpaired) electrons. The summed E-state index contributed by atoms with van der Waals surface area (Å²) in [6, 6.07) is 6.65. The molecule has 1 aliphatic heterocycles. The number of carbonyl (C=O) groups excluding carboxylic acids is 1. The molecule has 1 amide bonds. The van der Waals surface area contributed by atoms with Gasteiger partial charge >= 0.3 is 0 Å². The van der Waals surface area contributed by atoms with Crippen molar-refractivity contribution in [3.05, 3.63) is 42.1 Å². The molecule has 0 unspecified atom stereocenters. The van der Waals surface area contributed by atoms with Gasteiger partial charge in [-0.25, -0.2) is 14.4 Å². The second-order valence-electron chi connectivity index (χ2n) is 7.33. The fourth-order valence-electron chi connectivity index (χ4n) is 3.85. The fourth-order valence-corrected chi connectivity index (χ4v) is 3.85. The molecule has 8 nitrogen and oxygen atoms in total. The standard InChI is InChI=1S/C21H21FN6O2/c1-30-19-10-16(9-14-3-2-8-27(12-14)20(29)6-7-23)25-21(26-19)17-11-24-18-5-4-15(22)13-28(17)18/h4-5,10-11,13-14H,2-3,6,8-9,12H2,1H3/t14-/m0/s1. The topological polar surface area (TPSA) is 96.4 Å². The van der Waals surface area contributed by atoms with E-state index in [1.165, 1.54) is 19.4 Å². The Balaban J connectivity index is 1.61. The first-order valence-electron chi connectivity index (χ1n) is 9.77. The van der Waals surface area contributed by atoms with Crippen molar-refractivity contribution in [2.24, 2.45) is 5.92 Å². The third-order valence-corrected chi connectivity index (χ3v) is 5.26.